The van der Waals surface area contributed by atoms with E-state index >= 15 is 0 Å². The third kappa shape index (κ3) is 3.78. The van der Waals surface area contributed by atoms with Crippen LogP contribution in [0.1, 0.15) is 25.1 Å². The van der Waals surface area contributed by atoms with Gasteiger partial charge in [0.25, 0.3) is 0 Å². The highest BCUT2D eigenvalue weighted by atomic mass is 16.5. The van der Waals surface area contributed by atoms with Gasteiger partial charge in [0.05, 0.1) is 30.9 Å². The molecule has 1 fully saturated rings. The van der Waals surface area contributed by atoms with E-state index in [1.807, 2.05) is 25.1 Å². The maximum atomic E-state index is 11.8. The monoisotopic (exact) mass is 249 g/mol. The van der Waals surface area contributed by atoms with Gasteiger partial charge in [-0.1, -0.05) is 6.07 Å². The topological polar surface area (TPSA) is 63.2 Å². The zero-order chi connectivity index (χ0) is 12.8. The molecule has 0 aliphatic carbocycles. The van der Waals surface area contributed by atoms with Crippen LogP contribution in [0.3, 0.4) is 0 Å². The van der Waals surface area contributed by atoms with Crippen molar-refractivity contribution < 1.29 is 9.53 Å². The number of amides is 1. The Bertz CT molecular complexity index is 377. The van der Waals surface area contributed by atoms with Crippen LogP contribution < -0.4 is 10.6 Å². The number of rotatable bonds is 4. The van der Waals surface area contributed by atoms with Gasteiger partial charge in [0.1, 0.15) is 0 Å². The van der Waals surface area contributed by atoms with Crippen molar-refractivity contribution in [2.75, 3.05) is 19.7 Å². The average Bonchev–Trinajstić information content (AvgIpc) is 2.40. The van der Waals surface area contributed by atoms with Gasteiger partial charge >= 0.3 is 0 Å². The lowest BCUT2D eigenvalue weighted by Crippen LogP contribution is -2.41. The fourth-order valence-corrected chi connectivity index (χ4v) is 1.96. The van der Waals surface area contributed by atoms with Crippen LogP contribution in [0.15, 0.2) is 24.4 Å². The van der Waals surface area contributed by atoms with E-state index in [1.165, 1.54) is 0 Å². The van der Waals surface area contributed by atoms with Gasteiger partial charge in [-0.25, -0.2) is 0 Å². The molecule has 0 radical (unpaired) electrons. The summed E-state index contributed by atoms with van der Waals surface area (Å²) in [6, 6.07) is 5.61. The number of nitrogens with one attached hydrogen (secondary N) is 2. The van der Waals surface area contributed by atoms with Crippen molar-refractivity contribution in [2.24, 2.45) is 0 Å². The van der Waals surface area contributed by atoms with Gasteiger partial charge in [-0.15, -0.1) is 0 Å². The van der Waals surface area contributed by atoms with Crippen molar-refractivity contribution in [3.63, 3.8) is 0 Å². The third-order valence-corrected chi connectivity index (χ3v) is 2.93. The number of hydrogen-bond donors (Lipinski definition) is 2. The molecule has 2 unspecified atom stereocenters. The average molecular weight is 249 g/mol. The Labute approximate surface area is 107 Å². The maximum absolute atomic E-state index is 11.8. The Kier molecular flexibility index (Phi) is 4.66. The molecule has 2 rings (SSSR count). The molecule has 0 saturated carbocycles. The number of pyridine rings is 1. The predicted molar refractivity (Wildman–Crippen MR) is 68.0 cm³/mol. The number of morpholine rings is 1. The molecule has 1 aliphatic heterocycles. The maximum Gasteiger partial charge on any atom is 0.223 e. The van der Waals surface area contributed by atoms with Crippen LogP contribution in [0, 0.1) is 0 Å². The molecular formula is C13H19N3O2. The molecule has 2 heterocycles. The molecular weight excluding hydrogens is 230 g/mol. The molecule has 98 valence electrons. The van der Waals surface area contributed by atoms with Gasteiger partial charge in [0.2, 0.25) is 5.91 Å². The van der Waals surface area contributed by atoms with Gasteiger partial charge in [-0.05, 0) is 19.1 Å². The summed E-state index contributed by atoms with van der Waals surface area (Å²) in [4.78, 5) is 16.1. The standard InChI is InChI=1S/C13H19N3O2/c1-10(12-4-2-3-5-15-12)16-13(17)8-11-9-14-6-7-18-11/h2-5,10-11,14H,6-9H2,1H3,(H,16,17). The number of carbonyl (C=O) groups excluding carboxylic acids is 1. The van der Waals surface area contributed by atoms with Gasteiger partial charge in [0.15, 0.2) is 0 Å². The number of hydrogen-bond acceptors (Lipinski definition) is 4. The molecule has 0 bridgehead atoms. The van der Waals surface area contributed by atoms with E-state index in [2.05, 4.69) is 15.6 Å². The van der Waals surface area contributed by atoms with Gasteiger partial charge in [-0.2, -0.15) is 0 Å². The normalized spacial score (nSPS) is 21.3. The molecule has 2 atom stereocenters. The van der Waals surface area contributed by atoms with Crippen molar-refractivity contribution in [3.8, 4) is 0 Å². The van der Waals surface area contributed by atoms with Crippen LogP contribution >= 0.6 is 0 Å². The summed E-state index contributed by atoms with van der Waals surface area (Å²) in [7, 11) is 0. The third-order valence-electron chi connectivity index (χ3n) is 2.93. The van der Waals surface area contributed by atoms with E-state index in [-0.39, 0.29) is 18.1 Å². The first-order chi connectivity index (χ1) is 8.75. The highest BCUT2D eigenvalue weighted by molar-refractivity contribution is 5.76. The van der Waals surface area contributed by atoms with Crippen molar-refractivity contribution in [1.29, 1.82) is 0 Å². The van der Waals surface area contributed by atoms with E-state index in [0.717, 1.165) is 18.8 Å². The molecule has 5 heteroatoms. The summed E-state index contributed by atoms with van der Waals surface area (Å²) in [6.45, 7) is 4.21. The van der Waals surface area contributed by atoms with Crippen LogP contribution in [0.2, 0.25) is 0 Å². The Balaban J connectivity index is 1.80. The minimum Gasteiger partial charge on any atom is -0.375 e. The molecule has 0 aromatic carbocycles. The molecule has 1 aromatic heterocycles. The second-order valence-corrected chi connectivity index (χ2v) is 4.44. The zero-order valence-corrected chi connectivity index (χ0v) is 10.6. The van der Waals surface area contributed by atoms with Gasteiger partial charge in [-0.3, -0.25) is 9.78 Å². The minimum absolute atomic E-state index is 0.00172. The fraction of sp³-hybridized carbons (Fsp3) is 0.538. The molecule has 1 aromatic rings. The van der Waals surface area contributed by atoms with Crippen molar-refractivity contribution in [3.05, 3.63) is 30.1 Å². The Hall–Kier alpha value is -1.46. The quantitative estimate of drug-likeness (QED) is 0.822. The van der Waals surface area contributed by atoms with E-state index in [0.29, 0.717) is 13.0 Å². The predicted octanol–water partition coefficient (Wildman–Crippen LogP) is 0.637. The lowest BCUT2D eigenvalue weighted by molar-refractivity contribution is -0.125. The highest BCUT2D eigenvalue weighted by Gasteiger charge is 2.18. The molecule has 2 N–H and O–H groups in total. The first-order valence-corrected chi connectivity index (χ1v) is 6.28. The summed E-state index contributed by atoms with van der Waals surface area (Å²) < 4.78 is 5.50. The van der Waals surface area contributed by atoms with Gasteiger partial charge in [0, 0.05) is 19.3 Å². The van der Waals surface area contributed by atoms with E-state index < -0.39 is 0 Å². The summed E-state index contributed by atoms with van der Waals surface area (Å²) in [5, 5.41) is 6.14. The van der Waals surface area contributed by atoms with Crippen LogP contribution in [-0.2, 0) is 9.53 Å². The Morgan fingerprint density at radius 3 is 3.22 bits per heavy atom. The molecule has 18 heavy (non-hydrogen) atoms. The molecule has 0 spiro atoms. The fourth-order valence-electron chi connectivity index (χ4n) is 1.96. The second-order valence-electron chi connectivity index (χ2n) is 4.44. The van der Waals surface area contributed by atoms with E-state index in [9.17, 15) is 4.79 Å². The first kappa shape index (κ1) is 13.0. The second kappa shape index (κ2) is 6.47. The van der Waals surface area contributed by atoms with E-state index in [1.54, 1.807) is 6.20 Å². The van der Waals surface area contributed by atoms with Crippen LogP contribution in [-0.4, -0.2) is 36.7 Å². The molecule has 1 aliphatic rings. The lowest BCUT2D eigenvalue weighted by Gasteiger charge is -2.23. The van der Waals surface area contributed by atoms with Gasteiger partial charge < -0.3 is 15.4 Å². The van der Waals surface area contributed by atoms with Crippen LogP contribution in [0.5, 0.6) is 0 Å². The number of aromatic nitrogens is 1. The summed E-state index contributed by atoms with van der Waals surface area (Å²) >= 11 is 0. The van der Waals surface area contributed by atoms with Crippen LogP contribution in [0.4, 0.5) is 0 Å². The van der Waals surface area contributed by atoms with Crippen LogP contribution in [0.25, 0.3) is 0 Å². The molecule has 5 nitrogen and oxygen atoms in total. The lowest BCUT2D eigenvalue weighted by atomic mass is 10.1. The summed E-state index contributed by atoms with van der Waals surface area (Å²) in [5.41, 5.74) is 0.869. The van der Waals surface area contributed by atoms with E-state index in [4.69, 9.17) is 4.74 Å². The number of nitrogens with zero attached hydrogens (tertiary/aromatic N) is 1. The largest absolute Gasteiger partial charge is 0.375 e. The van der Waals surface area contributed by atoms with Crippen molar-refractivity contribution >= 4 is 5.91 Å². The minimum atomic E-state index is -0.0738. The summed E-state index contributed by atoms with van der Waals surface area (Å²) in [6.07, 6.45) is 2.10. The molecule has 1 saturated heterocycles. The van der Waals surface area contributed by atoms with Crippen molar-refractivity contribution in [1.82, 2.24) is 15.6 Å². The SMILES string of the molecule is CC(NC(=O)CC1CNCCO1)c1ccccn1. The summed E-state index contributed by atoms with van der Waals surface area (Å²) in [5.74, 6) is 0.00172. The number of carbonyl (C=O) groups is 1. The smallest absolute Gasteiger partial charge is 0.223 e. The molecule has 1 amide bonds. The zero-order valence-electron chi connectivity index (χ0n) is 10.6. The Morgan fingerprint density at radius 1 is 1.67 bits per heavy atom. The highest BCUT2D eigenvalue weighted by Crippen LogP contribution is 2.09. The number of ether oxygens (including phenoxy) is 1. The van der Waals surface area contributed by atoms with Crippen molar-refractivity contribution in [2.45, 2.75) is 25.5 Å². The first-order valence-electron chi connectivity index (χ1n) is 6.28. The Morgan fingerprint density at radius 2 is 2.56 bits per heavy atom.